The molecule has 0 unspecified atom stereocenters. The molecule has 0 fully saturated rings. The Morgan fingerprint density at radius 3 is 2.70 bits per heavy atom. The van der Waals surface area contributed by atoms with Gasteiger partial charge in [-0.25, -0.2) is 13.8 Å². The molecule has 1 N–H and O–H groups in total. The third-order valence-electron chi connectivity index (χ3n) is 3.59. The van der Waals surface area contributed by atoms with Gasteiger partial charge in [-0.15, -0.1) is 15.3 Å². The molecule has 0 saturated heterocycles. The SMILES string of the molecule is Cc1nnc(NC(=O)Cn2nnc3c(cnn3-c3ccc(F)cc3)c2=O)s1. The molecular formula is C15H11FN8O2S. The predicted octanol–water partition coefficient (Wildman–Crippen LogP) is 0.915. The van der Waals surface area contributed by atoms with Crippen LogP contribution in [0, 0.1) is 12.7 Å². The fraction of sp³-hybridized carbons (Fsp3) is 0.133. The van der Waals surface area contributed by atoms with Crippen LogP contribution in [0.15, 0.2) is 35.3 Å². The van der Waals surface area contributed by atoms with Gasteiger partial charge in [0.25, 0.3) is 5.56 Å². The van der Waals surface area contributed by atoms with E-state index in [1.807, 2.05) is 0 Å². The summed E-state index contributed by atoms with van der Waals surface area (Å²) in [7, 11) is 0. The van der Waals surface area contributed by atoms with E-state index < -0.39 is 11.5 Å². The van der Waals surface area contributed by atoms with Crippen LogP contribution < -0.4 is 10.9 Å². The molecule has 1 aromatic carbocycles. The first-order valence-electron chi connectivity index (χ1n) is 7.69. The van der Waals surface area contributed by atoms with Crippen LogP contribution in [0.4, 0.5) is 9.52 Å². The number of aromatic nitrogens is 7. The van der Waals surface area contributed by atoms with Crippen LogP contribution in [0.2, 0.25) is 0 Å². The molecule has 0 aliphatic rings. The number of rotatable bonds is 4. The Bertz CT molecular complexity index is 1200. The van der Waals surface area contributed by atoms with Crippen molar-refractivity contribution >= 4 is 33.4 Å². The molecule has 0 aliphatic heterocycles. The van der Waals surface area contributed by atoms with Gasteiger partial charge in [0, 0.05) is 0 Å². The standard InChI is InChI=1S/C15H11FN8O2S/c1-8-19-21-15(27-8)18-12(25)7-23-14(26)11-6-17-24(13(11)20-22-23)10-4-2-9(16)3-5-10/h2-6H,7H2,1H3,(H,18,21,25). The van der Waals surface area contributed by atoms with Gasteiger partial charge in [0.15, 0.2) is 5.65 Å². The van der Waals surface area contributed by atoms with Gasteiger partial charge in [-0.3, -0.25) is 14.9 Å². The number of halogens is 1. The Kier molecular flexibility index (Phi) is 4.16. The lowest BCUT2D eigenvalue weighted by Crippen LogP contribution is -2.30. The summed E-state index contributed by atoms with van der Waals surface area (Å²) >= 11 is 1.22. The second kappa shape index (κ2) is 6.64. The van der Waals surface area contributed by atoms with Gasteiger partial charge in [0.05, 0.1) is 11.9 Å². The highest BCUT2D eigenvalue weighted by Crippen LogP contribution is 2.14. The van der Waals surface area contributed by atoms with Crippen LogP contribution in [-0.4, -0.2) is 40.9 Å². The zero-order chi connectivity index (χ0) is 19.0. The maximum atomic E-state index is 13.1. The van der Waals surface area contributed by atoms with Crippen molar-refractivity contribution in [3.8, 4) is 5.69 Å². The average molecular weight is 386 g/mol. The van der Waals surface area contributed by atoms with Crippen LogP contribution in [0.1, 0.15) is 5.01 Å². The zero-order valence-corrected chi connectivity index (χ0v) is 14.6. The fourth-order valence-corrected chi connectivity index (χ4v) is 2.99. The van der Waals surface area contributed by atoms with Gasteiger partial charge in [-0.1, -0.05) is 16.6 Å². The summed E-state index contributed by atoms with van der Waals surface area (Å²) in [6, 6.07) is 5.56. The van der Waals surface area contributed by atoms with Gasteiger partial charge in [0.2, 0.25) is 11.0 Å². The lowest BCUT2D eigenvalue weighted by molar-refractivity contribution is -0.117. The number of hydrogen-bond donors (Lipinski definition) is 1. The maximum Gasteiger partial charge on any atom is 0.281 e. The van der Waals surface area contributed by atoms with Crippen LogP contribution >= 0.6 is 11.3 Å². The van der Waals surface area contributed by atoms with Gasteiger partial charge < -0.3 is 0 Å². The van der Waals surface area contributed by atoms with Gasteiger partial charge in [-0.2, -0.15) is 5.10 Å². The molecule has 0 spiro atoms. The normalized spacial score (nSPS) is 11.0. The van der Waals surface area contributed by atoms with Crippen LogP contribution in [-0.2, 0) is 11.3 Å². The molecule has 0 aliphatic carbocycles. The van der Waals surface area contributed by atoms with Crippen molar-refractivity contribution in [2.24, 2.45) is 0 Å². The summed E-state index contributed by atoms with van der Waals surface area (Å²) in [4.78, 5) is 24.6. The summed E-state index contributed by atoms with van der Waals surface area (Å²) in [5.41, 5.74) is 0.224. The monoisotopic (exact) mass is 386 g/mol. The number of anilines is 1. The summed E-state index contributed by atoms with van der Waals surface area (Å²) in [5.74, 6) is -0.867. The lowest BCUT2D eigenvalue weighted by atomic mass is 10.3. The Morgan fingerprint density at radius 1 is 1.22 bits per heavy atom. The van der Waals surface area contributed by atoms with Crippen molar-refractivity contribution in [2.45, 2.75) is 13.5 Å². The van der Waals surface area contributed by atoms with Crippen LogP contribution in [0.3, 0.4) is 0 Å². The first kappa shape index (κ1) is 16.9. The third kappa shape index (κ3) is 3.29. The van der Waals surface area contributed by atoms with E-state index in [1.165, 1.54) is 46.5 Å². The molecule has 0 radical (unpaired) electrons. The number of nitrogens with zero attached hydrogens (tertiary/aromatic N) is 7. The summed E-state index contributed by atoms with van der Waals surface area (Å²) in [6.45, 7) is 1.43. The number of benzene rings is 1. The largest absolute Gasteiger partial charge is 0.299 e. The Labute approximate surface area is 154 Å². The number of aryl methyl sites for hydroxylation is 1. The van der Waals surface area contributed by atoms with E-state index in [-0.39, 0.29) is 23.4 Å². The minimum absolute atomic E-state index is 0.189. The van der Waals surface area contributed by atoms with Gasteiger partial charge in [0.1, 0.15) is 22.8 Å². The van der Waals surface area contributed by atoms with E-state index in [1.54, 1.807) is 6.92 Å². The quantitative estimate of drug-likeness (QED) is 0.553. The second-order valence-electron chi connectivity index (χ2n) is 5.50. The highest BCUT2D eigenvalue weighted by atomic mass is 32.1. The average Bonchev–Trinajstić information content (AvgIpc) is 3.25. The molecule has 3 heterocycles. The maximum absolute atomic E-state index is 13.1. The first-order chi connectivity index (χ1) is 13.0. The smallest absolute Gasteiger partial charge is 0.281 e. The fourth-order valence-electron chi connectivity index (χ4n) is 2.38. The summed E-state index contributed by atoms with van der Waals surface area (Å²) < 4.78 is 15.4. The molecule has 10 nitrogen and oxygen atoms in total. The van der Waals surface area contributed by atoms with Crippen molar-refractivity contribution < 1.29 is 9.18 Å². The minimum atomic E-state index is -0.517. The third-order valence-corrected chi connectivity index (χ3v) is 4.35. The number of nitrogens with one attached hydrogen (secondary N) is 1. The van der Waals surface area contributed by atoms with Crippen molar-refractivity contribution in [2.75, 3.05) is 5.32 Å². The molecule has 0 saturated carbocycles. The topological polar surface area (TPSA) is 120 Å². The number of amides is 1. The summed E-state index contributed by atoms with van der Waals surface area (Å²) in [6.07, 6.45) is 1.33. The molecule has 0 bridgehead atoms. The van der Waals surface area contributed by atoms with E-state index in [0.29, 0.717) is 15.8 Å². The molecule has 12 heteroatoms. The van der Waals surface area contributed by atoms with Gasteiger partial charge in [-0.05, 0) is 31.2 Å². The predicted molar refractivity (Wildman–Crippen MR) is 94.2 cm³/mol. The van der Waals surface area contributed by atoms with E-state index in [2.05, 4.69) is 30.9 Å². The van der Waals surface area contributed by atoms with Crippen LogP contribution in [0.5, 0.6) is 0 Å². The molecular weight excluding hydrogens is 375 g/mol. The highest BCUT2D eigenvalue weighted by molar-refractivity contribution is 7.15. The molecule has 27 heavy (non-hydrogen) atoms. The Hall–Kier alpha value is -3.54. The van der Waals surface area contributed by atoms with Crippen molar-refractivity contribution in [1.82, 2.24) is 35.0 Å². The first-order valence-corrected chi connectivity index (χ1v) is 8.50. The number of carbonyl (C=O) groups excluding carboxylic acids is 1. The van der Waals surface area contributed by atoms with Crippen molar-refractivity contribution in [1.29, 1.82) is 0 Å². The molecule has 3 aromatic heterocycles. The van der Waals surface area contributed by atoms with E-state index in [0.717, 1.165) is 4.68 Å². The minimum Gasteiger partial charge on any atom is -0.299 e. The summed E-state index contributed by atoms with van der Waals surface area (Å²) in [5, 5.41) is 23.2. The molecule has 1 amide bonds. The lowest BCUT2D eigenvalue weighted by Gasteiger charge is -2.04. The van der Waals surface area contributed by atoms with Gasteiger partial charge >= 0.3 is 0 Å². The van der Waals surface area contributed by atoms with Crippen LogP contribution in [0.25, 0.3) is 16.7 Å². The number of hydrogen-bond acceptors (Lipinski definition) is 8. The van der Waals surface area contributed by atoms with E-state index in [9.17, 15) is 14.0 Å². The molecule has 4 aromatic rings. The van der Waals surface area contributed by atoms with E-state index >= 15 is 0 Å². The highest BCUT2D eigenvalue weighted by Gasteiger charge is 2.15. The molecule has 136 valence electrons. The van der Waals surface area contributed by atoms with E-state index in [4.69, 9.17) is 0 Å². The zero-order valence-electron chi connectivity index (χ0n) is 13.8. The van der Waals surface area contributed by atoms with Crippen molar-refractivity contribution in [3.63, 3.8) is 0 Å². The molecule has 4 rings (SSSR count). The second-order valence-corrected chi connectivity index (χ2v) is 6.68. The number of carbonyl (C=O) groups is 1. The number of fused-ring (bicyclic) bond motifs is 1. The Morgan fingerprint density at radius 2 is 2.00 bits per heavy atom. The Balaban J connectivity index is 1.62. The molecule has 0 atom stereocenters. The van der Waals surface area contributed by atoms with Crippen molar-refractivity contribution in [3.05, 3.63) is 51.6 Å².